The van der Waals surface area contributed by atoms with Crippen LogP contribution >= 0.6 is 11.6 Å². The first kappa shape index (κ1) is 29.7. The maximum atomic E-state index is 12.6. The minimum absolute atomic E-state index is 0.165. The van der Waals surface area contributed by atoms with E-state index in [1.54, 1.807) is 18.2 Å². The van der Waals surface area contributed by atoms with E-state index < -0.39 is 0 Å². The van der Waals surface area contributed by atoms with E-state index >= 15 is 0 Å². The average molecular weight is 560 g/mol. The molecule has 5 rings (SSSR count). The second-order valence-corrected chi connectivity index (χ2v) is 11.2. The van der Waals surface area contributed by atoms with Crippen molar-refractivity contribution in [1.29, 1.82) is 0 Å². The van der Waals surface area contributed by atoms with Gasteiger partial charge in [-0.3, -0.25) is 4.79 Å². The Hall–Kier alpha value is -3.28. The SMILES string of the molecule is C=C/C(=C\C(=C/C)C(NC1CCCN(C)C1)=C1CCC1)c1ccc(/C=C2/C(=O)Nc3ccc(Cl)cc32)o1.CCC. The second kappa shape index (κ2) is 13.9. The van der Waals surface area contributed by atoms with Gasteiger partial charge in [0.2, 0.25) is 0 Å². The molecule has 1 unspecified atom stereocenters. The molecule has 6 heteroatoms. The molecule has 2 N–H and O–H groups in total. The first-order chi connectivity index (χ1) is 19.4. The highest BCUT2D eigenvalue weighted by Crippen LogP contribution is 2.36. The summed E-state index contributed by atoms with van der Waals surface area (Å²) in [6, 6.07) is 9.64. The normalized spacial score (nSPS) is 20.3. The fourth-order valence-corrected chi connectivity index (χ4v) is 5.38. The number of anilines is 1. The molecule has 3 heterocycles. The molecule has 1 aromatic carbocycles. The molecule has 40 heavy (non-hydrogen) atoms. The third-order valence-corrected chi connectivity index (χ3v) is 7.61. The Balaban J connectivity index is 0.00000118. The van der Waals surface area contributed by atoms with Crippen molar-refractivity contribution in [3.8, 4) is 0 Å². The molecule has 1 amide bonds. The molecule has 2 aromatic rings. The number of carbonyl (C=O) groups excluding carboxylic acids is 1. The maximum absolute atomic E-state index is 12.6. The summed E-state index contributed by atoms with van der Waals surface area (Å²) in [5.41, 5.74) is 6.89. The number of rotatable bonds is 7. The van der Waals surface area contributed by atoms with Crippen LogP contribution in [0.4, 0.5) is 5.69 Å². The van der Waals surface area contributed by atoms with Crippen LogP contribution in [0.1, 0.15) is 76.4 Å². The van der Waals surface area contributed by atoms with Gasteiger partial charge < -0.3 is 20.0 Å². The molecule has 1 saturated carbocycles. The Kier molecular flexibility index (Phi) is 10.3. The number of fused-ring (bicyclic) bond motifs is 1. The fraction of sp³-hybridized carbons (Fsp3) is 0.382. The third-order valence-electron chi connectivity index (χ3n) is 7.38. The van der Waals surface area contributed by atoms with Gasteiger partial charge in [-0.25, -0.2) is 0 Å². The Bertz CT molecular complexity index is 1350. The molecule has 5 nitrogen and oxygen atoms in total. The molecule has 1 saturated heterocycles. The van der Waals surface area contributed by atoms with Gasteiger partial charge in [-0.1, -0.05) is 50.6 Å². The minimum atomic E-state index is -0.165. The van der Waals surface area contributed by atoms with Gasteiger partial charge >= 0.3 is 0 Å². The summed E-state index contributed by atoms with van der Waals surface area (Å²) in [6.45, 7) is 12.6. The van der Waals surface area contributed by atoms with Crippen molar-refractivity contribution >= 4 is 40.4 Å². The summed E-state index contributed by atoms with van der Waals surface area (Å²) in [4.78, 5) is 15.0. The smallest absolute Gasteiger partial charge is 0.256 e. The predicted octanol–water partition coefficient (Wildman–Crippen LogP) is 8.48. The third kappa shape index (κ3) is 7.07. The fourth-order valence-electron chi connectivity index (χ4n) is 5.21. The van der Waals surface area contributed by atoms with E-state index in [2.05, 4.69) is 62.1 Å². The number of benzene rings is 1. The highest BCUT2D eigenvalue weighted by molar-refractivity contribution is 6.36. The number of carbonyl (C=O) groups is 1. The number of hydrogen-bond donors (Lipinski definition) is 2. The summed E-state index contributed by atoms with van der Waals surface area (Å²) in [6.07, 6.45) is 15.1. The lowest BCUT2D eigenvalue weighted by molar-refractivity contribution is -0.110. The molecule has 0 radical (unpaired) electrons. The van der Waals surface area contributed by atoms with E-state index in [4.69, 9.17) is 16.0 Å². The number of nitrogens with zero attached hydrogens (tertiary/aromatic N) is 1. The van der Waals surface area contributed by atoms with E-state index in [1.807, 2.05) is 24.3 Å². The lowest BCUT2D eigenvalue weighted by Crippen LogP contribution is -2.44. The molecule has 0 bridgehead atoms. The number of piperidine rings is 1. The highest BCUT2D eigenvalue weighted by atomic mass is 35.5. The van der Waals surface area contributed by atoms with Crippen LogP contribution in [0.15, 0.2) is 76.4 Å². The topological polar surface area (TPSA) is 57.5 Å². The lowest BCUT2D eigenvalue weighted by Gasteiger charge is -2.34. The zero-order valence-electron chi connectivity index (χ0n) is 24.3. The van der Waals surface area contributed by atoms with Crippen LogP contribution in [0.2, 0.25) is 5.02 Å². The monoisotopic (exact) mass is 559 g/mol. The number of hydrogen-bond acceptors (Lipinski definition) is 4. The second-order valence-electron chi connectivity index (χ2n) is 10.7. The predicted molar refractivity (Wildman–Crippen MR) is 169 cm³/mol. The van der Waals surface area contributed by atoms with E-state index in [-0.39, 0.29) is 5.91 Å². The van der Waals surface area contributed by atoms with Crippen molar-refractivity contribution < 1.29 is 9.21 Å². The van der Waals surface area contributed by atoms with Crippen molar-refractivity contribution in [1.82, 2.24) is 10.2 Å². The molecule has 1 aliphatic carbocycles. The van der Waals surface area contributed by atoms with Crippen molar-refractivity contribution in [3.63, 3.8) is 0 Å². The molecule has 1 atom stereocenters. The van der Waals surface area contributed by atoms with Gasteiger partial charge in [-0.2, -0.15) is 0 Å². The van der Waals surface area contributed by atoms with Crippen LogP contribution in [0.25, 0.3) is 17.2 Å². The Labute approximate surface area is 244 Å². The van der Waals surface area contributed by atoms with E-state index in [9.17, 15) is 4.79 Å². The van der Waals surface area contributed by atoms with Crippen LogP contribution in [0.3, 0.4) is 0 Å². The summed E-state index contributed by atoms with van der Waals surface area (Å²) in [7, 11) is 2.20. The van der Waals surface area contributed by atoms with Gasteiger partial charge in [0, 0.05) is 40.1 Å². The van der Waals surface area contributed by atoms with E-state index in [0.717, 1.165) is 41.8 Å². The zero-order valence-corrected chi connectivity index (χ0v) is 25.0. The molecule has 0 spiro atoms. The lowest BCUT2D eigenvalue weighted by atomic mass is 9.87. The number of amides is 1. The van der Waals surface area contributed by atoms with Crippen LogP contribution < -0.4 is 10.6 Å². The van der Waals surface area contributed by atoms with Crippen molar-refractivity contribution in [2.45, 2.75) is 65.3 Å². The highest BCUT2D eigenvalue weighted by Gasteiger charge is 2.25. The molecular formula is C34H42ClN3O2. The van der Waals surface area contributed by atoms with Crippen molar-refractivity contribution in [2.75, 3.05) is 25.5 Å². The van der Waals surface area contributed by atoms with Gasteiger partial charge in [0.15, 0.2) is 0 Å². The van der Waals surface area contributed by atoms with Gasteiger partial charge in [-0.15, -0.1) is 0 Å². The molecule has 2 aliphatic heterocycles. The average Bonchev–Trinajstić information content (AvgIpc) is 3.48. The quantitative estimate of drug-likeness (QED) is 0.264. The number of allylic oxidation sites excluding steroid dienone is 5. The summed E-state index contributed by atoms with van der Waals surface area (Å²) in [5, 5.41) is 7.36. The molecule has 3 aliphatic rings. The number of likely N-dealkylation sites (N-methyl/N-ethyl adjacent to an activating group) is 1. The van der Waals surface area contributed by atoms with Gasteiger partial charge in [0.25, 0.3) is 5.91 Å². The number of nitrogens with one attached hydrogen (secondary N) is 2. The van der Waals surface area contributed by atoms with Crippen LogP contribution in [-0.2, 0) is 4.79 Å². The van der Waals surface area contributed by atoms with Crippen LogP contribution in [0.5, 0.6) is 0 Å². The molecular weight excluding hydrogens is 518 g/mol. The first-order valence-electron chi connectivity index (χ1n) is 14.5. The Morgan fingerprint density at radius 1 is 1.23 bits per heavy atom. The Morgan fingerprint density at radius 3 is 2.65 bits per heavy atom. The van der Waals surface area contributed by atoms with Gasteiger partial charge in [0.05, 0.1) is 5.57 Å². The van der Waals surface area contributed by atoms with Crippen molar-refractivity contribution in [3.05, 3.63) is 94.1 Å². The summed E-state index contributed by atoms with van der Waals surface area (Å²) in [5.74, 6) is 1.15. The Morgan fingerprint density at radius 2 is 2.00 bits per heavy atom. The number of halogens is 1. The van der Waals surface area contributed by atoms with Crippen molar-refractivity contribution in [2.24, 2.45) is 0 Å². The largest absolute Gasteiger partial charge is 0.457 e. The summed E-state index contributed by atoms with van der Waals surface area (Å²) >= 11 is 6.17. The minimum Gasteiger partial charge on any atom is -0.457 e. The molecule has 2 fully saturated rings. The van der Waals surface area contributed by atoms with Gasteiger partial charge in [-0.05, 0) is 106 Å². The van der Waals surface area contributed by atoms with Crippen LogP contribution in [-0.4, -0.2) is 37.0 Å². The molecule has 212 valence electrons. The number of furan rings is 1. The summed E-state index contributed by atoms with van der Waals surface area (Å²) < 4.78 is 6.18. The number of likely N-dealkylation sites (tertiary alicyclic amines) is 1. The molecule has 1 aromatic heterocycles. The van der Waals surface area contributed by atoms with E-state index in [1.165, 1.54) is 43.5 Å². The zero-order chi connectivity index (χ0) is 28.6. The van der Waals surface area contributed by atoms with E-state index in [0.29, 0.717) is 28.2 Å². The van der Waals surface area contributed by atoms with Gasteiger partial charge in [0.1, 0.15) is 11.5 Å². The maximum Gasteiger partial charge on any atom is 0.256 e. The van der Waals surface area contributed by atoms with Crippen LogP contribution in [0, 0.1) is 0 Å². The first-order valence-corrected chi connectivity index (χ1v) is 14.9. The standard InChI is InChI=1S/C31H34ClN3O2.C3H8/c1-4-20(16-21(5-2)30(22-8-6-9-22)33-24-10-7-15-35(3)19-24)29-14-12-25(37-29)18-27-26-17-23(32)11-13-28(26)34-31(27)36;1-3-2/h4-5,11-14,16-18,24,33H,1,6-10,15,19H2,2-3H3,(H,34,36);3H2,1-2H3/b20-16+,21-5+,27-18+;.